The second kappa shape index (κ2) is 5.96. The summed E-state index contributed by atoms with van der Waals surface area (Å²) >= 11 is 0. The van der Waals surface area contributed by atoms with Crippen LogP contribution >= 0.6 is 0 Å². The molecule has 3 rings (SSSR count). The Bertz CT molecular complexity index is 687. The number of aliphatic hydroxyl groups excluding tert-OH is 1. The van der Waals surface area contributed by atoms with Crippen molar-refractivity contribution < 1.29 is 5.11 Å². The first-order valence-electron chi connectivity index (χ1n) is 8.32. The van der Waals surface area contributed by atoms with Crippen LogP contribution in [-0.2, 0) is 5.54 Å². The molecule has 1 saturated carbocycles. The van der Waals surface area contributed by atoms with Gasteiger partial charge in [-0.2, -0.15) is 5.10 Å². The predicted molar refractivity (Wildman–Crippen MR) is 92.1 cm³/mol. The van der Waals surface area contributed by atoms with E-state index >= 15 is 0 Å². The van der Waals surface area contributed by atoms with Gasteiger partial charge in [-0.05, 0) is 59.1 Å². The highest BCUT2D eigenvalue weighted by Crippen LogP contribution is 2.36. The van der Waals surface area contributed by atoms with E-state index in [1.807, 2.05) is 23.7 Å². The minimum absolute atomic E-state index is 0.117. The van der Waals surface area contributed by atoms with Crippen molar-refractivity contribution in [3.63, 3.8) is 0 Å². The zero-order valence-corrected chi connectivity index (χ0v) is 14.4. The Labute approximate surface area is 137 Å². The molecule has 2 aromatic heterocycles. The zero-order valence-electron chi connectivity index (χ0n) is 14.4. The topological polar surface area (TPSA) is 63.0 Å². The molecule has 0 aliphatic heterocycles. The summed E-state index contributed by atoms with van der Waals surface area (Å²) in [4.78, 5) is 4.34. The number of pyridine rings is 1. The SMILES string of the molecule is Cc1ncccc1Nc1cc([C@H]2CC[C@@H](O)C2)nn1C(C)(C)C. The van der Waals surface area contributed by atoms with Crippen LogP contribution in [0, 0.1) is 6.92 Å². The van der Waals surface area contributed by atoms with E-state index in [-0.39, 0.29) is 11.6 Å². The smallest absolute Gasteiger partial charge is 0.129 e. The monoisotopic (exact) mass is 314 g/mol. The van der Waals surface area contributed by atoms with E-state index in [0.717, 1.165) is 42.2 Å². The van der Waals surface area contributed by atoms with Crippen molar-refractivity contribution in [2.45, 2.75) is 64.5 Å². The molecule has 1 aliphatic carbocycles. The molecule has 2 aromatic rings. The first-order valence-corrected chi connectivity index (χ1v) is 8.32. The number of aromatic nitrogens is 3. The molecule has 0 radical (unpaired) electrons. The average molecular weight is 314 g/mol. The Hall–Kier alpha value is -1.88. The van der Waals surface area contributed by atoms with Gasteiger partial charge in [0.1, 0.15) is 5.82 Å². The van der Waals surface area contributed by atoms with Gasteiger partial charge < -0.3 is 10.4 Å². The molecule has 0 aromatic carbocycles. The largest absolute Gasteiger partial charge is 0.393 e. The minimum atomic E-state index is -0.184. The second-order valence-electron chi connectivity index (χ2n) is 7.46. The highest BCUT2D eigenvalue weighted by Gasteiger charge is 2.29. The van der Waals surface area contributed by atoms with Gasteiger partial charge in [0, 0.05) is 18.2 Å². The number of nitrogens with one attached hydrogen (secondary N) is 1. The Morgan fingerprint density at radius 2 is 2.09 bits per heavy atom. The number of rotatable bonds is 3. The molecule has 5 nitrogen and oxygen atoms in total. The fourth-order valence-electron chi connectivity index (χ4n) is 3.18. The number of nitrogens with zero attached hydrogens (tertiary/aromatic N) is 3. The van der Waals surface area contributed by atoms with Gasteiger partial charge in [-0.15, -0.1) is 0 Å². The van der Waals surface area contributed by atoms with Crippen LogP contribution in [0.25, 0.3) is 0 Å². The molecule has 2 heterocycles. The van der Waals surface area contributed by atoms with E-state index in [0.29, 0.717) is 5.92 Å². The molecule has 0 bridgehead atoms. The molecular weight excluding hydrogens is 288 g/mol. The van der Waals surface area contributed by atoms with Crippen LogP contribution in [0.3, 0.4) is 0 Å². The van der Waals surface area contributed by atoms with Crippen molar-refractivity contribution in [2.24, 2.45) is 0 Å². The van der Waals surface area contributed by atoms with Crippen LogP contribution < -0.4 is 5.32 Å². The van der Waals surface area contributed by atoms with Crippen molar-refractivity contribution in [1.29, 1.82) is 0 Å². The highest BCUT2D eigenvalue weighted by atomic mass is 16.3. The lowest BCUT2D eigenvalue weighted by molar-refractivity contribution is 0.181. The van der Waals surface area contributed by atoms with E-state index in [1.54, 1.807) is 6.20 Å². The normalized spacial score (nSPS) is 21.6. The van der Waals surface area contributed by atoms with Gasteiger partial charge in [0.2, 0.25) is 0 Å². The van der Waals surface area contributed by atoms with Crippen molar-refractivity contribution in [3.05, 3.63) is 35.8 Å². The first kappa shape index (κ1) is 16.0. The third-order valence-electron chi connectivity index (χ3n) is 4.46. The number of aryl methyl sites for hydroxylation is 1. The van der Waals surface area contributed by atoms with Gasteiger partial charge in [-0.1, -0.05) is 0 Å². The number of hydrogen-bond donors (Lipinski definition) is 2. The number of anilines is 2. The summed E-state index contributed by atoms with van der Waals surface area (Å²) in [6, 6.07) is 6.09. The Kier molecular flexibility index (Phi) is 4.15. The summed E-state index contributed by atoms with van der Waals surface area (Å²) in [5.74, 6) is 1.33. The van der Waals surface area contributed by atoms with Gasteiger partial charge in [0.15, 0.2) is 0 Å². The molecule has 23 heavy (non-hydrogen) atoms. The van der Waals surface area contributed by atoms with E-state index in [2.05, 4.69) is 37.1 Å². The van der Waals surface area contributed by atoms with Crippen molar-refractivity contribution in [2.75, 3.05) is 5.32 Å². The molecular formula is C18H26N4O. The van der Waals surface area contributed by atoms with Crippen molar-refractivity contribution in [1.82, 2.24) is 14.8 Å². The fourth-order valence-corrected chi connectivity index (χ4v) is 3.18. The minimum Gasteiger partial charge on any atom is -0.393 e. The van der Waals surface area contributed by atoms with Crippen molar-refractivity contribution in [3.8, 4) is 0 Å². The maximum absolute atomic E-state index is 9.81. The zero-order chi connectivity index (χ0) is 16.6. The maximum atomic E-state index is 9.81. The second-order valence-corrected chi connectivity index (χ2v) is 7.46. The molecule has 0 unspecified atom stereocenters. The number of hydrogen-bond acceptors (Lipinski definition) is 4. The number of aliphatic hydroxyl groups is 1. The van der Waals surface area contributed by atoms with Gasteiger partial charge in [0.05, 0.1) is 28.7 Å². The summed E-state index contributed by atoms with van der Waals surface area (Å²) < 4.78 is 2.04. The van der Waals surface area contributed by atoms with Crippen LogP contribution in [0.5, 0.6) is 0 Å². The molecule has 0 saturated heterocycles. The standard InChI is InChI=1S/C18H26N4O/c1-12-15(6-5-9-19-12)20-17-11-16(13-7-8-14(23)10-13)21-22(17)18(2,3)4/h5-6,9,11,13-14,20,23H,7-8,10H2,1-4H3/t13-,14+/m0/s1. The third-order valence-corrected chi connectivity index (χ3v) is 4.46. The van der Waals surface area contributed by atoms with Gasteiger partial charge >= 0.3 is 0 Å². The van der Waals surface area contributed by atoms with Gasteiger partial charge in [-0.25, -0.2) is 4.68 Å². The summed E-state index contributed by atoms with van der Waals surface area (Å²) in [5.41, 5.74) is 2.91. The Morgan fingerprint density at radius 3 is 2.70 bits per heavy atom. The lowest BCUT2D eigenvalue weighted by atomic mass is 10.0. The Morgan fingerprint density at radius 1 is 1.30 bits per heavy atom. The summed E-state index contributed by atoms with van der Waals surface area (Å²) in [7, 11) is 0. The van der Waals surface area contributed by atoms with Crippen LogP contribution in [0.15, 0.2) is 24.4 Å². The maximum Gasteiger partial charge on any atom is 0.129 e. The molecule has 1 aliphatic rings. The van der Waals surface area contributed by atoms with Crippen LogP contribution in [-0.4, -0.2) is 26.0 Å². The summed E-state index contributed by atoms with van der Waals surface area (Å²) in [6.45, 7) is 8.44. The highest BCUT2D eigenvalue weighted by molar-refractivity contribution is 5.59. The molecule has 2 N–H and O–H groups in total. The predicted octanol–water partition coefficient (Wildman–Crippen LogP) is 3.71. The van der Waals surface area contributed by atoms with Crippen LogP contribution in [0.4, 0.5) is 11.5 Å². The van der Waals surface area contributed by atoms with Crippen molar-refractivity contribution >= 4 is 11.5 Å². The van der Waals surface area contributed by atoms with Crippen LogP contribution in [0.1, 0.15) is 57.3 Å². The first-order chi connectivity index (χ1) is 10.8. The fraction of sp³-hybridized carbons (Fsp3) is 0.556. The van der Waals surface area contributed by atoms with E-state index in [1.165, 1.54) is 0 Å². The molecule has 0 spiro atoms. The van der Waals surface area contributed by atoms with E-state index in [4.69, 9.17) is 5.10 Å². The molecule has 2 atom stereocenters. The summed E-state index contributed by atoms with van der Waals surface area (Å²) in [6.07, 6.45) is 4.31. The Balaban J connectivity index is 1.94. The van der Waals surface area contributed by atoms with E-state index < -0.39 is 0 Å². The molecule has 124 valence electrons. The van der Waals surface area contributed by atoms with Gasteiger partial charge in [0.25, 0.3) is 0 Å². The van der Waals surface area contributed by atoms with Gasteiger partial charge in [-0.3, -0.25) is 4.98 Å². The quantitative estimate of drug-likeness (QED) is 0.906. The lowest BCUT2D eigenvalue weighted by Gasteiger charge is -2.23. The lowest BCUT2D eigenvalue weighted by Crippen LogP contribution is -2.25. The molecule has 5 heteroatoms. The molecule has 0 amide bonds. The summed E-state index contributed by atoms with van der Waals surface area (Å²) in [5, 5.41) is 18.1. The average Bonchev–Trinajstić information content (AvgIpc) is 3.07. The van der Waals surface area contributed by atoms with E-state index in [9.17, 15) is 5.11 Å². The van der Waals surface area contributed by atoms with Crippen LogP contribution in [0.2, 0.25) is 0 Å². The third kappa shape index (κ3) is 3.39. The molecule has 1 fully saturated rings.